The quantitative estimate of drug-likeness (QED) is 0.344. The first-order valence-corrected chi connectivity index (χ1v) is 11.4. The van der Waals surface area contributed by atoms with Gasteiger partial charge in [-0.3, -0.25) is 4.99 Å². The molecule has 2 aliphatic rings. The van der Waals surface area contributed by atoms with E-state index < -0.39 is 0 Å². The summed E-state index contributed by atoms with van der Waals surface area (Å²) in [5.41, 5.74) is 0.146. The Kier molecular flexibility index (Phi) is 9.39. The second-order valence-electron chi connectivity index (χ2n) is 9.88. The molecule has 172 valence electrons. The average Bonchev–Trinajstić information content (AvgIpc) is 3.09. The predicted molar refractivity (Wildman–Crippen MR) is 133 cm³/mol. The van der Waals surface area contributed by atoms with Crippen molar-refractivity contribution in [1.29, 1.82) is 0 Å². The molecule has 2 N–H and O–H groups in total. The van der Waals surface area contributed by atoms with E-state index in [0.29, 0.717) is 17.9 Å². The first-order chi connectivity index (χ1) is 13.8. The zero-order valence-electron chi connectivity index (χ0n) is 19.6. The minimum absolute atomic E-state index is 0. The largest absolute Gasteiger partial charge is 0.377 e. The lowest BCUT2D eigenvalue weighted by atomic mass is 9.78. The van der Waals surface area contributed by atoms with Gasteiger partial charge in [-0.1, -0.05) is 34.6 Å². The highest BCUT2D eigenvalue weighted by molar-refractivity contribution is 14.0. The minimum atomic E-state index is 0. The summed E-state index contributed by atoms with van der Waals surface area (Å²) in [5.74, 6) is 3.81. The van der Waals surface area contributed by atoms with Crippen molar-refractivity contribution in [3.63, 3.8) is 0 Å². The highest BCUT2D eigenvalue weighted by Crippen LogP contribution is 2.34. The third-order valence-electron chi connectivity index (χ3n) is 5.86. The molecule has 3 heterocycles. The highest BCUT2D eigenvalue weighted by atomic mass is 127. The number of nitrogens with zero attached hydrogens (tertiary/aromatic N) is 4. The fourth-order valence-corrected chi connectivity index (χ4v) is 4.40. The van der Waals surface area contributed by atoms with Crippen LogP contribution in [-0.2, 0) is 17.7 Å². The van der Waals surface area contributed by atoms with Crippen molar-refractivity contribution in [2.24, 2.45) is 16.3 Å². The van der Waals surface area contributed by atoms with Gasteiger partial charge >= 0.3 is 0 Å². The maximum Gasteiger partial charge on any atom is 0.191 e. The van der Waals surface area contributed by atoms with Crippen molar-refractivity contribution in [2.45, 2.75) is 91.8 Å². The van der Waals surface area contributed by atoms with Crippen LogP contribution >= 0.6 is 24.0 Å². The molecule has 1 aromatic rings. The van der Waals surface area contributed by atoms with Crippen LogP contribution in [0.25, 0.3) is 0 Å². The molecule has 30 heavy (non-hydrogen) atoms. The van der Waals surface area contributed by atoms with Gasteiger partial charge in [-0.15, -0.1) is 24.0 Å². The van der Waals surface area contributed by atoms with Crippen molar-refractivity contribution in [2.75, 3.05) is 19.7 Å². The fraction of sp³-hybridized carbons (Fsp3) is 0.864. The Hall–Kier alpha value is -0.900. The summed E-state index contributed by atoms with van der Waals surface area (Å²) in [4.78, 5) is 9.65. The van der Waals surface area contributed by atoms with Gasteiger partial charge in [-0.25, -0.2) is 9.67 Å². The molecular formula is C22H41IN6O. The molecule has 0 aromatic carbocycles. The Labute approximate surface area is 199 Å². The summed E-state index contributed by atoms with van der Waals surface area (Å²) in [6, 6.07) is 0.322. The second-order valence-corrected chi connectivity index (χ2v) is 9.88. The maximum atomic E-state index is 6.13. The Morgan fingerprint density at radius 3 is 2.73 bits per heavy atom. The topological polar surface area (TPSA) is 76.4 Å². The van der Waals surface area contributed by atoms with Gasteiger partial charge in [-0.2, -0.15) is 5.10 Å². The van der Waals surface area contributed by atoms with Crippen molar-refractivity contribution < 1.29 is 4.74 Å². The number of hydrogen-bond acceptors (Lipinski definition) is 4. The van der Waals surface area contributed by atoms with Crippen molar-refractivity contribution in [1.82, 2.24) is 25.4 Å². The standard InChI is InChI=1S/C22H40N6O.HI/c1-7-23-21(24-13-16-9-8-12-29-19(16)22(4,5)6)25-17-10-11-18-26-20(15(2)3)27-28(18)14-17;/h15-17,19H,7-14H2,1-6H3,(H2,23,24,25);1H. The van der Waals surface area contributed by atoms with E-state index in [1.165, 1.54) is 6.42 Å². The number of nitrogens with one attached hydrogen (secondary N) is 2. The van der Waals surface area contributed by atoms with Gasteiger partial charge in [0.25, 0.3) is 0 Å². The van der Waals surface area contributed by atoms with Crippen molar-refractivity contribution >= 4 is 29.9 Å². The van der Waals surface area contributed by atoms with Crippen LogP contribution in [-0.4, -0.2) is 52.6 Å². The summed E-state index contributed by atoms with van der Waals surface area (Å²) in [6.45, 7) is 16.6. The lowest BCUT2D eigenvalue weighted by Gasteiger charge is -2.39. The number of aryl methyl sites for hydroxylation is 1. The zero-order chi connectivity index (χ0) is 21.0. The molecule has 3 rings (SSSR count). The number of ether oxygens (including phenoxy) is 1. The molecular weight excluding hydrogens is 491 g/mol. The summed E-state index contributed by atoms with van der Waals surface area (Å²) in [6.07, 6.45) is 4.60. The zero-order valence-corrected chi connectivity index (χ0v) is 21.9. The van der Waals surface area contributed by atoms with E-state index in [1.54, 1.807) is 0 Å². The number of aromatic nitrogens is 3. The maximum absolute atomic E-state index is 6.13. The SMILES string of the molecule is CCNC(=NCC1CCCOC1C(C)(C)C)NC1CCc2nc(C(C)C)nn2C1.I. The Morgan fingerprint density at radius 2 is 2.07 bits per heavy atom. The number of rotatable bonds is 5. The smallest absolute Gasteiger partial charge is 0.191 e. The summed E-state index contributed by atoms with van der Waals surface area (Å²) in [5, 5.41) is 11.8. The third-order valence-corrected chi connectivity index (χ3v) is 5.86. The van der Waals surface area contributed by atoms with Crippen LogP contribution in [0.4, 0.5) is 0 Å². The van der Waals surface area contributed by atoms with E-state index in [1.807, 2.05) is 0 Å². The number of hydrogen-bond donors (Lipinski definition) is 2. The molecule has 0 aliphatic carbocycles. The van der Waals surface area contributed by atoms with Crippen molar-refractivity contribution in [3.8, 4) is 0 Å². The van der Waals surface area contributed by atoms with E-state index in [0.717, 1.165) is 63.1 Å². The fourth-order valence-electron chi connectivity index (χ4n) is 4.40. The van der Waals surface area contributed by atoms with Gasteiger partial charge in [0, 0.05) is 44.0 Å². The first-order valence-electron chi connectivity index (χ1n) is 11.4. The molecule has 8 heteroatoms. The molecule has 0 amide bonds. The van der Waals surface area contributed by atoms with Gasteiger partial charge in [0.1, 0.15) is 5.82 Å². The van der Waals surface area contributed by atoms with Crippen LogP contribution < -0.4 is 10.6 Å². The van der Waals surface area contributed by atoms with E-state index in [9.17, 15) is 0 Å². The number of halogens is 1. The van der Waals surface area contributed by atoms with Crippen LogP contribution in [0, 0.1) is 11.3 Å². The van der Waals surface area contributed by atoms with E-state index in [-0.39, 0.29) is 35.5 Å². The van der Waals surface area contributed by atoms with Crippen LogP contribution in [0.2, 0.25) is 0 Å². The Morgan fingerprint density at radius 1 is 1.30 bits per heavy atom. The minimum Gasteiger partial charge on any atom is -0.377 e. The molecule has 0 bridgehead atoms. The molecule has 1 aromatic heterocycles. The van der Waals surface area contributed by atoms with Crippen molar-refractivity contribution in [3.05, 3.63) is 11.6 Å². The number of guanidine groups is 1. The lowest BCUT2D eigenvalue weighted by molar-refractivity contribution is -0.0823. The van der Waals surface area contributed by atoms with Crippen LogP contribution in [0.15, 0.2) is 4.99 Å². The monoisotopic (exact) mass is 532 g/mol. The Bertz CT molecular complexity index is 696. The Balaban J connectivity index is 0.00000320. The molecule has 1 saturated heterocycles. The normalized spacial score (nSPS) is 24.9. The summed E-state index contributed by atoms with van der Waals surface area (Å²) in [7, 11) is 0. The lowest BCUT2D eigenvalue weighted by Crippen LogP contribution is -2.48. The van der Waals surface area contributed by atoms with Gasteiger partial charge in [0.2, 0.25) is 0 Å². The van der Waals surface area contributed by atoms with Gasteiger partial charge in [0.05, 0.1) is 12.6 Å². The average molecular weight is 533 g/mol. The van der Waals surface area contributed by atoms with Crippen LogP contribution in [0.3, 0.4) is 0 Å². The molecule has 0 radical (unpaired) electrons. The van der Waals surface area contributed by atoms with E-state index in [4.69, 9.17) is 19.8 Å². The molecule has 2 aliphatic heterocycles. The summed E-state index contributed by atoms with van der Waals surface area (Å²) >= 11 is 0. The first kappa shape index (κ1) is 25.4. The molecule has 3 atom stereocenters. The van der Waals surface area contributed by atoms with E-state index in [2.05, 4.69) is 56.9 Å². The van der Waals surface area contributed by atoms with E-state index >= 15 is 0 Å². The van der Waals surface area contributed by atoms with Gasteiger partial charge in [-0.05, 0) is 31.6 Å². The van der Waals surface area contributed by atoms with Gasteiger partial charge < -0.3 is 15.4 Å². The number of aliphatic imine (C=N–C) groups is 1. The second kappa shape index (κ2) is 11.1. The highest BCUT2D eigenvalue weighted by Gasteiger charge is 2.35. The molecule has 0 saturated carbocycles. The van der Waals surface area contributed by atoms with Crippen LogP contribution in [0.1, 0.15) is 78.4 Å². The van der Waals surface area contributed by atoms with Gasteiger partial charge in [0.15, 0.2) is 11.8 Å². The predicted octanol–water partition coefficient (Wildman–Crippen LogP) is 3.73. The molecule has 3 unspecified atom stereocenters. The summed E-state index contributed by atoms with van der Waals surface area (Å²) < 4.78 is 8.20. The number of fused-ring (bicyclic) bond motifs is 1. The molecule has 7 nitrogen and oxygen atoms in total. The molecule has 1 fully saturated rings. The van der Waals surface area contributed by atoms with Crippen LogP contribution in [0.5, 0.6) is 0 Å². The third kappa shape index (κ3) is 6.55. The molecule has 0 spiro atoms.